The van der Waals surface area contributed by atoms with Crippen molar-refractivity contribution in [2.45, 2.75) is 56.4 Å². The van der Waals surface area contributed by atoms with Gasteiger partial charge in [-0.2, -0.15) is 13.2 Å². The lowest BCUT2D eigenvalue weighted by Gasteiger charge is -2.30. The van der Waals surface area contributed by atoms with Gasteiger partial charge >= 0.3 is 6.18 Å². The van der Waals surface area contributed by atoms with Crippen LogP contribution in [0.1, 0.15) is 47.2 Å². The molecule has 1 aliphatic rings. The Balaban J connectivity index is 1.80. The Morgan fingerprint density at radius 2 is 1.68 bits per heavy atom. The van der Waals surface area contributed by atoms with E-state index in [1.54, 1.807) is 12.1 Å². The summed E-state index contributed by atoms with van der Waals surface area (Å²) in [4.78, 5) is 53.7. The molecule has 0 saturated carbocycles. The summed E-state index contributed by atoms with van der Waals surface area (Å²) in [6.45, 7) is -0.937. The van der Waals surface area contributed by atoms with Crippen LogP contribution < -0.4 is 21.7 Å². The Hall–Kier alpha value is -4.01. The number of guanidine groups is 1. The molecule has 0 unspecified atom stereocenters. The number of nitrogens with two attached hydrogens (primary N) is 1. The first-order chi connectivity index (χ1) is 20.8. The van der Waals surface area contributed by atoms with E-state index >= 15 is 0 Å². The monoisotopic (exact) mass is 684 g/mol. The van der Waals surface area contributed by atoms with Crippen molar-refractivity contribution in [3.05, 3.63) is 69.7 Å². The van der Waals surface area contributed by atoms with Gasteiger partial charge in [0.15, 0.2) is 11.7 Å². The van der Waals surface area contributed by atoms with E-state index in [9.17, 15) is 36.7 Å². The molecule has 44 heavy (non-hydrogen) atoms. The number of alkyl halides is 4. The average Bonchev–Trinajstić information content (AvgIpc) is 3.48. The van der Waals surface area contributed by atoms with Crippen molar-refractivity contribution in [1.82, 2.24) is 20.9 Å². The van der Waals surface area contributed by atoms with Gasteiger partial charge in [-0.3, -0.25) is 24.6 Å². The second kappa shape index (κ2) is 15.6. The standard InChI is InChI=1S/C29H33BrF4N6O4/c30-20-11-7-18(8-12-20)25(42)39-22(15-17-5-9-19(10-6-17)29(32,33)34)27(44)40-14-2-4-23(40)26(43)38-21(24(41)16-31)3-1-13-37-28(35)36/h5-12,21-23H,1-4,13-16H2,(H,38,43)(H,39,42)(H4,35,36,37)/t21-,22-,23-/m0/s1. The molecule has 1 aliphatic heterocycles. The van der Waals surface area contributed by atoms with Gasteiger partial charge in [0.2, 0.25) is 11.8 Å². The number of ketones is 1. The second-order valence-corrected chi connectivity index (χ2v) is 11.2. The smallest absolute Gasteiger partial charge is 0.370 e. The van der Waals surface area contributed by atoms with Gasteiger partial charge in [-0.05, 0) is 67.6 Å². The molecule has 0 aromatic heterocycles. The lowest BCUT2D eigenvalue weighted by Crippen LogP contribution is -2.56. The summed E-state index contributed by atoms with van der Waals surface area (Å²) in [5.74, 6) is -3.03. The minimum absolute atomic E-state index is 0.0647. The Morgan fingerprint density at radius 1 is 1.02 bits per heavy atom. The van der Waals surface area contributed by atoms with Crippen molar-refractivity contribution < 1.29 is 36.7 Å². The highest BCUT2D eigenvalue weighted by atomic mass is 79.9. The number of Topliss-reactive ketones (excluding diaryl/α,β-unsaturated/α-hetero) is 1. The van der Waals surface area contributed by atoms with E-state index in [4.69, 9.17) is 11.1 Å². The Bertz CT molecular complexity index is 1340. The Kier molecular flexibility index (Phi) is 12.3. The number of nitrogens with one attached hydrogen (secondary N) is 4. The molecule has 15 heteroatoms. The number of carbonyl (C=O) groups excluding carboxylic acids is 4. The van der Waals surface area contributed by atoms with Crippen LogP contribution in [0.25, 0.3) is 0 Å². The minimum atomic E-state index is -4.55. The van der Waals surface area contributed by atoms with Gasteiger partial charge in [0.05, 0.1) is 11.6 Å². The molecule has 1 heterocycles. The van der Waals surface area contributed by atoms with Crippen LogP contribution in [0.3, 0.4) is 0 Å². The van der Waals surface area contributed by atoms with Gasteiger partial charge < -0.3 is 26.6 Å². The van der Waals surface area contributed by atoms with Gasteiger partial charge in [-0.1, -0.05) is 28.1 Å². The highest BCUT2D eigenvalue weighted by molar-refractivity contribution is 9.10. The molecule has 3 rings (SSSR count). The summed E-state index contributed by atoms with van der Waals surface area (Å²) >= 11 is 3.28. The SMILES string of the molecule is N=C(N)NCCC[C@H](NC(=O)[C@@H]1CCCN1C(=O)[C@H](Cc1ccc(C(F)(F)F)cc1)NC(=O)c1ccc(Br)cc1)C(=O)CF. The maximum atomic E-state index is 13.8. The molecule has 10 nitrogen and oxygen atoms in total. The third-order valence-electron chi connectivity index (χ3n) is 7.09. The summed E-state index contributed by atoms with van der Waals surface area (Å²) < 4.78 is 53.2. The number of halogens is 5. The number of likely N-dealkylation sites (tertiary alicyclic amines) is 1. The van der Waals surface area contributed by atoms with E-state index in [-0.39, 0.29) is 43.9 Å². The number of nitrogens with zero attached hydrogens (tertiary/aromatic N) is 1. The Morgan fingerprint density at radius 3 is 2.27 bits per heavy atom. The van der Waals surface area contributed by atoms with Crippen LogP contribution in [0.15, 0.2) is 53.0 Å². The van der Waals surface area contributed by atoms with E-state index in [0.29, 0.717) is 18.4 Å². The predicted octanol–water partition coefficient (Wildman–Crippen LogP) is 3.09. The van der Waals surface area contributed by atoms with Crippen LogP contribution in [0, 0.1) is 5.41 Å². The molecule has 0 spiro atoms. The fourth-order valence-corrected chi connectivity index (χ4v) is 5.08. The summed E-state index contributed by atoms with van der Waals surface area (Å²) in [5.41, 5.74) is 4.95. The number of rotatable bonds is 13. The molecule has 238 valence electrons. The van der Waals surface area contributed by atoms with Crippen LogP contribution in [0.2, 0.25) is 0 Å². The molecule has 3 amide bonds. The molecular weight excluding hydrogens is 652 g/mol. The van der Waals surface area contributed by atoms with Gasteiger partial charge in [0.1, 0.15) is 18.8 Å². The topological polar surface area (TPSA) is 157 Å². The molecule has 2 aromatic carbocycles. The molecule has 0 aliphatic carbocycles. The van der Waals surface area contributed by atoms with E-state index in [2.05, 4.69) is 31.9 Å². The zero-order chi connectivity index (χ0) is 32.4. The summed E-state index contributed by atoms with van der Waals surface area (Å²) in [6.07, 6.45) is -3.67. The first kappa shape index (κ1) is 34.5. The van der Waals surface area contributed by atoms with E-state index in [1.165, 1.54) is 29.2 Å². The third kappa shape index (κ3) is 9.76. The van der Waals surface area contributed by atoms with Crippen LogP contribution in [0.5, 0.6) is 0 Å². The quantitative estimate of drug-likeness (QED) is 0.0945. The number of hydrogen-bond donors (Lipinski definition) is 5. The van der Waals surface area contributed by atoms with Crippen LogP contribution >= 0.6 is 15.9 Å². The summed E-state index contributed by atoms with van der Waals surface area (Å²) in [7, 11) is 0. The molecule has 6 N–H and O–H groups in total. The number of benzene rings is 2. The van der Waals surface area contributed by atoms with E-state index < -0.39 is 60.0 Å². The van der Waals surface area contributed by atoms with Crippen molar-refractivity contribution in [3.8, 4) is 0 Å². The molecule has 0 radical (unpaired) electrons. The van der Waals surface area contributed by atoms with E-state index in [1.807, 2.05) is 0 Å². The van der Waals surface area contributed by atoms with Crippen LogP contribution in [-0.2, 0) is 27.0 Å². The highest BCUT2D eigenvalue weighted by Gasteiger charge is 2.39. The first-order valence-electron chi connectivity index (χ1n) is 13.8. The van der Waals surface area contributed by atoms with Crippen LogP contribution in [0.4, 0.5) is 17.6 Å². The average molecular weight is 686 g/mol. The fraction of sp³-hybridized carbons (Fsp3) is 0.414. The maximum absolute atomic E-state index is 13.8. The fourth-order valence-electron chi connectivity index (χ4n) is 4.82. The molecule has 0 bridgehead atoms. The number of carbonyl (C=O) groups is 4. The largest absolute Gasteiger partial charge is 0.416 e. The zero-order valence-corrected chi connectivity index (χ0v) is 25.1. The van der Waals surface area contributed by atoms with Crippen molar-refractivity contribution in [2.24, 2.45) is 5.73 Å². The second-order valence-electron chi connectivity index (χ2n) is 10.3. The molecule has 3 atom stereocenters. The minimum Gasteiger partial charge on any atom is -0.370 e. The van der Waals surface area contributed by atoms with Crippen molar-refractivity contribution in [1.29, 1.82) is 5.41 Å². The van der Waals surface area contributed by atoms with Gasteiger partial charge in [0.25, 0.3) is 5.91 Å². The Labute approximate surface area is 259 Å². The van der Waals surface area contributed by atoms with Gasteiger partial charge in [0, 0.05) is 29.5 Å². The molecule has 1 saturated heterocycles. The maximum Gasteiger partial charge on any atom is 0.416 e. The third-order valence-corrected chi connectivity index (χ3v) is 7.62. The highest BCUT2D eigenvalue weighted by Crippen LogP contribution is 2.29. The summed E-state index contributed by atoms with van der Waals surface area (Å²) in [6, 6.07) is 7.10. The lowest BCUT2D eigenvalue weighted by molar-refractivity contribution is -0.140. The molecule has 1 fully saturated rings. The lowest BCUT2D eigenvalue weighted by atomic mass is 10.0. The zero-order valence-electron chi connectivity index (χ0n) is 23.6. The molecule has 2 aromatic rings. The van der Waals surface area contributed by atoms with Gasteiger partial charge in [-0.15, -0.1) is 0 Å². The van der Waals surface area contributed by atoms with Crippen molar-refractivity contribution in [3.63, 3.8) is 0 Å². The predicted molar refractivity (Wildman–Crippen MR) is 157 cm³/mol. The van der Waals surface area contributed by atoms with Crippen molar-refractivity contribution in [2.75, 3.05) is 19.8 Å². The summed E-state index contributed by atoms with van der Waals surface area (Å²) in [5, 5.41) is 14.9. The molecular formula is C29H33BrF4N6O4. The normalized spacial score (nSPS) is 16.1. The van der Waals surface area contributed by atoms with Crippen molar-refractivity contribution >= 4 is 45.4 Å². The number of hydrogen-bond acceptors (Lipinski definition) is 5. The van der Waals surface area contributed by atoms with Crippen LogP contribution in [-0.4, -0.2) is 72.3 Å². The first-order valence-corrected chi connectivity index (χ1v) is 14.6. The van der Waals surface area contributed by atoms with Gasteiger partial charge in [-0.25, -0.2) is 4.39 Å². The number of amides is 3. The van der Waals surface area contributed by atoms with E-state index in [0.717, 1.165) is 16.6 Å².